The van der Waals surface area contributed by atoms with Gasteiger partial charge in [-0.2, -0.15) is 0 Å². The highest BCUT2D eigenvalue weighted by Crippen LogP contribution is 2.40. The number of aromatic nitrogens is 3. The molecule has 1 fully saturated rings. The number of thioether (sulfide) groups is 1. The molecule has 0 spiro atoms. The molecule has 1 saturated carbocycles. The zero-order valence-corrected chi connectivity index (χ0v) is 19.9. The summed E-state index contributed by atoms with van der Waals surface area (Å²) < 4.78 is 7.60. The van der Waals surface area contributed by atoms with Gasteiger partial charge in [-0.1, -0.05) is 11.8 Å². The maximum atomic E-state index is 12.2. The minimum Gasteiger partial charge on any atom is -0.444 e. The SMILES string of the molecule is CSc1ncc2c(n1)-c1c(c(C(N)=O)cn1[C@H]1CC[C@@H](NC(=O)OC(C)(C)C)CC1)CC2. The van der Waals surface area contributed by atoms with Crippen molar-refractivity contribution in [3.05, 3.63) is 29.1 Å². The van der Waals surface area contributed by atoms with Crippen LogP contribution < -0.4 is 11.1 Å². The Hall–Kier alpha value is -2.55. The molecule has 2 heterocycles. The first-order valence-electron chi connectivity index (χ1n) is 11.1. The highest BCUT2D eigenvalue weighted by Gasteiger charge is 2.32. The Morgan fingerprint density at radius 3 is 2.56 bits per heavy atom. The number of carbonyl (C=O) groups is 2. The molecule has 2 aromatic heterocycles. The number of primary amides is 1. The molecule has 2 aromatic rings. The van der Waals surface area contributed by atoms with Crippen LogP contribution in [0.4, 0.5) is 4.79 Å². The Labute approximate surface area is 192 Å². The molecule has 4 rings (SSSR count). The zero-order valence-electron chi connectivity index (χ0n) is 19.1. The van der Waals surface area contributed by atoms with Gasteiger partial charge in [-0.15, -0.1) is 0 Å². The fraction of sp³-hybridized carbons (Fsp3) is 0.565. The standard InChI is InChI=1S/C23H31N5O3S/c1-23(2,3)31-22(30)26-14-6-8-15(9-7-14)28-12-17(20(24)29)16-10-5-13-11-25-21(32-4)27-18(13)19(16)28/h11-12,14-15H,5-10H2,1-4H3,(H2,24,29)(H,26,30)/t14-,15+. The molecule has 2 amide bonds. The highest BCUT2D eigenvalue weighted by atomic mass is 32.2. The largest absolute Gasteiger partial charge is 0.444 e. The Kier molecular flexibility index (Phi) is 6.20. The van der Waals surface area contributed by atoms with Crippen LogP contribution in [0.3, 0.4) is 0 Å². The second-order valence-electron chi connectivity index (χ2n) is 9.52. The molecule has 32 heavy (non-hydrogen) atoms. The van der Waals surface area contributed by atoms with Crippen LogP contribution in [0.1, 0.15) is 74.0 Å². The number of alkyl carbamates (subject to hydrolysis) is 1. The quantitative estimate of drug-likeness (QED) is 0.532. The maximum absolute atomic E-state index is 12.2. The van der Waals surface area contributed by atoms with Crippen LogP contribution in [0, 0.1) is 0 Å². The van der Waals surface area contributed by atoms with Crippen LogP contribution in [0.2, 0.25) is 0 Å². The molecule has 0 bridgehead atoms. The summed E-state index contributed by atoms with van der Waals surface area (Å²) >= 11 is 1.51. The molecule has 0 aliphatic heterocycles. The number of nitrogens with zero attached hydrogens (tertiary/aromatic N) is 3. The summed E-state index contributed by atoms with van der Waals surface area (Å²) in [5, 5.41) is 3.71. The molecule has 0 radical (unpaired) electrons. The first kappa shape index (κ1) is 22.6. The number of ether oxygens (including phenoxy) is 1. The molecule has 172 valence electrons. The predicted molar refractivity (Wildman–Crippen MR) is 124 cm³/mol. The van der Waals surface area contributed by atoms with Crippen molar-refractivity contribution in [3.8, 4) is 11.4 Å². The van der Waals surface area contributed by atoms with E-state index in [2.05, 4.69) is 14.9 Å². The second kappa shape index (κ2) is 8.77. The van der Waals surface area contributed by atoms with Gasteiger partial charge in [0.15, 0.2) is 5.16 Å². The lowest BCUT2D eigenvalue weighted by molar-refractivity contribution is 0.0488. The van der Waals surface area contributed by atoms with Crippen molar-refractivity contribution in [1.82, 2.24) is 19.9 Å². The van der Waals surface area contributed by atoms with Gasteiger partial charge < -0.3 is 20.4 Å². The minimum atomic E-state index is -0.512. The fourth-order valence-electron chi connectivity index (χ4n) is 4.69. The molecule has 2 aliphatic rings. The van der Waals surface area contributed by atoms with Crippen LogP contribution in [0.5, 0.6) is 0 Å². The molecule has 3 N–H and O–H groups in total. The average Bonchev–Trinajstić information content (AvgIpc) is 3.13. The van der Waals surface area contributed by atoms with Crippen LogP contribution in [-0.4, -0.2) is 44.4 Å². The van der Waals surface area contributed by atoms with Crippen molar-refractivity contribution in [2.45, 2.75) is 82.1 Å². The second-order valence-corrected chi connectivity index (χ2v) is 10.3. The number of carbonyl (C=O) groups excluding carboxylic acids is 2. The Balaban J connectivity index is 1.58. The van der Waals surface area contributed by atoms with E-state index in [4.69, 9.17) is 15.5 Å². The van der Waals surface area contributed by atoms with E-state index >= 15 is 0 Å². The van der Waals surface area contributed by atoms with E-state index in [1.54, 1.807) is 0 Å². The third-order valence-corrected chi connectivity index (χ3v) is 6.67. The molecule has 9 heteroatoms. The van der Waals surface area contributed by atoms with Gasteiger partial charge in [0, 0.05) is 24.5 Å². The lowest BCUT2D eigenvalue weighted by atomic mass is 9.89. The van der Waals surface area contributed by atoms with E-state index in [1.807, 2.05) is 39.4 Å². The Bertz CT molecular complexity index is 1030. The molecule has 0 unspecified atom stereocenters. The average molecular weight is 458 g/mol. The van der Waals surface area contributed by atoms with E-state index < -0.39 is 11.5 Å². The van der Waals surface area contributed by atoms with E-state index in [9.17, 15) is 9.59 Å². The summed E-state index contributed by atoms with van der Waals surface area (Å²) in [6.07, 6.45) is 10.4. The van der Waals surface area contributed by atoms with Crippen LogP contribution >= 0.6 is 11.8 Å². The lowest BCUT2D eigenvalue weighted by Gasteiger charge is -2.32. The van der Waals surface area contributed by atoms with Gasteiger partial charge in [0.05, 0.1) is 17.0 Å². The summed E-state index contributed by atoms with van der Waals surface area (Å²) in [5.74, 6) is -0.400. The number of amides is 2. The first-order valence-corrected chi connectivity index (χ1v) is 12.3. The van der Waals surface area contributed by atoms with E-state index in [0.29, 0.717) is 5.56 Å². The number of hydrogen-bond donors (Lipinski definition) is 2. The number of aryl methyl sites for hydroxylation is 1. The molecule has 0 atom stereocenters. The molecule has 0 aromatic carbocycles. The highest BCUT2D eigenvalue weighted by molar-refractivity contribution is 7.98. The zero-order chi connectivity index (χ0) is 23.0. The van der Waals surface area contributed by atoms with Crippen molar-refractivity contribution in [2.24, 2.45) is 5.73 Å². The smallest absolute Gasteiger partial charge is 0.407 e. The van der Waals surface area contributed by atoms with E-state index in [0.717, 1.165) is 66.2 Å². The van der Waals surface area contributed by atoms with Gasteiger partial charge >= 0.3 is 6.09 Å². The molecule has 2 aliphatic carbocycles. The third kappa shape index (κ3) is 4.62. The summed E-state index contributed by atoms with van der Waals surface area (Å²) in [4.78, 5) is 33.6. The number of rotatable bonds is 4. The fourth-order valence-corrected chi connectivity index (χ4v) is 5.03. The number of nitrogens with two attached hydrogens (primary N) is 1. The number of nitrogens with one attached hydrogen (secondary N) is 1. The van der Waals surface area contributed by atoms with Gasteiger partial charge in [-0.05, 0) is 76.7 Å². The van der Waals surface area contributed by atoms with Crippen molar-refractivity contribution in [1.29, 1.82) is 0 Å². The molecule has 0 saturated heterocycles. The van der Waals surface area contributed by atoms with Gasteiger partial charge in [0.1, 0.15) is 5.60 Å². The predicted octanol–water partition coefficient (Wildman–Crippen LogP) is 3.87. The number of hydrogen-bond acceptors (Lipinski definition) is 6. The van der Waals surface area contributed by atoms with Gasteiger partial charge in [0.2, 0.25) is 0 Å². The summed E-state index contributed by atoms with van der Waals surface area (Å²) in [7, 11) is 0. The Morgan fingerprint density at radius 1 is 1.22 bits per heavy atom. The van der Waals surface area contributed by atoms with Crippen LogP contribution in [-0.2, 0) is 17.6 Å². The molecular formula is C23H31N5O3S. The monoisotopic (exact) mass is 457 g/mol. The van der Waals surface area contributed by atoms with Gasteiger partial charge in [-0.3, -0.25) is 4.79 Å². The number of fused-ring (bicyclic) bond motifs is 3. The maximum Gasteiger partial charge on any atom is 0.407 e. The minimum absolute atomic E-state index is 0.0841. The summed E-state index contributed by atoms with van der Waals surface area (Å²) in [6.45, 7) is 5.58. The first-order chi connectivity index (χ1) is 15.2. The van der Waals surface area contributed by atoms with Gasteiger partial charge in [0.25, 0.3) is 5.91 Å². The molecular weight excluding hydrogens is 426 g/mol. The lowest BCUT2D eigenvalue weighted by Crippen LogP contribution is -2.41. The third-order valence-electron chi connectivity index (χ3n) is 6.11. The van der Waals surface area contributed by atoms with Crippen LogP contribution in [0.25, 0.3) is 11.4 Å². The Morgan fingerprint density at radius 2 is 1.94 bits per heavy atom. The van der Waals surface area contributed by atoms with Crippen molar-refractivity contribution >= 4 is 23.8 Å². The summed E-state index contributed by atoms with van der Waals surface area (Å²) in [5.41, 5.74) is 9.81. The summed E-state index contributed by atoms with van der Waals surface area (Å²) in [6, 6.07) is 0.299. The van der Waals surface area contributed by atoms with Gasteiger partial charge in [-0.25, -0.2) is 14.8 Å². The van der Waals surface area contributed by atoms with Crippen molar-refractivity contribution in [2.75, 3.05) is 6.26 Å². The van der Waals surface area contributed by atoms with E-state index in [-0.39, 0.29) is 18.2 Å². The van der Waals surface area contributed by atoms with Crippen molar-refractivity contribution < 1.29 is 14.3 Å². The van der Waals surface area contributed by atoms with E-state index in [1.165, 1.54) is 11.8 Å². The van der Waals surface area contributed by atoms with Crippen molar-refractivity contribution in [3.63, 3.8) is 0 Å². The normalized spacial score (nSPS) is 20.2. The van der Waals surface area contributed by atoms with Crippen LogP contribution in [0.15, 0.2) is 17.6 Å². The topological polar surface area (TPSA) is 112 Å². The molecule has 8 nitrogen and oxygen atoms in total.